The molecular formula is C19H34N6O. The third-order valence-corrected chi connectivity index (χ3v) is 5.48. The number of rotatable bonds is 5. The second-order valence-corrected chi connectivity index (χ2v) is 7.60. The number of morpholine rings is 1. The van der Waals surface area contributed by atoms with E-state index in [-0.39, 0.29) is 6.10 Å². The molecule has 0 aromatic carbocycles. The van der Waals surface area contributed by atoms with Crippen molar-refractivity contribution in [3.8, 4) is 0 Å². The Morgan fingerprint density at radius 2 is 2.15 bits per heavy atom. The van der Waals surface area contributed by atoms with Gasteiger partial charge in [-0.3, -0.25) is 9.67 Å². The third-order valence-electron chi connectivity index (χ3n) is 5.48. The van der Waals surface area contributed by atoms with Crippen LogP contribution in [0.1, 0.15) is 37.9 Å². The molecule has 1 unspecified atom stereocenters. The van der Waals surface area contributed by atoms with Gasteiger partial charge in [-0.15, -0.1) is 0 Å². The molecule has 1 aromatic heterocycles. The van der Waals surface area contributed by atoms with Gasteiger partial charge in [-0.1, -0.05) is 6.92 Å². The van der Waals surface area contributed by atoms with E-state index < -0.39 is 0 Å². The van der Waals surface area contributed by atoms with Gasteiger partial charge in [-0.05, 0) is 44.8 Å². The van der Waals surface area contributed by atoms with Crippen LogP contribution in [0.25, 0.3) is 0 Å². The highest BCUT2D eigenvalue weighted by Crippen LogP contribution is 2.21. The summed E-state index contributed by atoms with van der Waals surface area (Å²) < 4.78 is 7.76. The molecule has 0 bridgehead atoms. The molecule has 0 saturated carbocycles. The molecule has 1 N–H and O–H groups in total. The van der Waals surface area contributed by atoms with Crippen molar-refractivity contribution in [3.05, 3.63) is 18.0 Å². The van der Waals surface area contributed by atoms with Crippen molar-refractivity contribution in [2.45, 2.75) is 32.3 Å². The molecule has 0 amide bonds. The van der Waals surface area contributed by atoms with Crippen LogP contribution in [0.2, 0.25) is 0 Å². The Balaban J connectivity index is 1.42. The fourth-order valence-corrected chi connectivity index (χ4v) is 3.77. The lowest BCUT2D eigenvalue weighted by molar-refractivity contribution is -0.00803. The maximum absolute atomic E-state index is 5.93. The van der Waals surface area contributed by atoms with E-state index in [1.165, 1.54) is 32.5 Å². The monoisotopic (exact) mass is 362 g/mol. The van der Waals surface area contributed by atoms with E-state index in [0.717, 1.165) is 43.5 Å². The number of aliphatic imine (C=N–C) groups is 1. The smallest absolute Gasteiger partial charge is 0.193 e. The lowest BCUT2D eigenvalue weighted by Gasteiger charge is -2.35. The summed E-state index contributed by atoms with van der Waals surface area (Å²) in [6.07, 6.45) is 7.83. The molecular weight excluding hydrogens is 328 g/mol. The number of hydrogen-bond donors (Lipinski definition) is 1. The van der Waals surface area contributed by atoms with Crippen LogP contribution in [-0.4, -0.2) is 78.5 Å². The number of aromatic nitrogens is 2. The molecule has 2 fully saturated rings. The number of likely N-dealkylation sites (tertiary alicyclic amines) is 1. The SMILES string of the molecule is CN=C(NCCCN1CCC(C)CC1)N1CCOC(c2cnn(C)c2)C1. The second kappa shape index (κ2) is 9.37. The zero-order valence-corrected chi connectivity index (χ0v) is 16.5. The fourth-order valence-electron chi connectivity index (χ4n) is 3.77. The summed E-state index contributed by atoms with van der Waals surface area (Å²) in [6.45, 7) is 9.43. The van der Waals surface area contributed by atoms with Crippen LogP contribution in [-0.2, 0) is 11.8 Å². The minimum Gasteiger partial charge on any atom is -0.370 e. The normalized spacial score (nSPS) is 23.4. The van der Waals surface area contributed by atoms with E-state index in [9.17, 15) is 0 Å². The largest absolute Gasteiger partial charge is 0.370 e. The minimum absolute atomic E-state index is 0.0614. The molecule has 0 radical (unpaired) electrons. The topological polar surface area (TPSA) is 57.9 Å². The van der Waals surface area contributed by atoms with E-state index in [0.29, 0.717) is 6.61 Å². The Labute approximate surface area is 157 Å². The standard InChI is InChI=1S/C19H34N6O/c1-16-5-9-24(10-6-16)8-4-7-21-19(20-2)25-11-12-26-18(15-25)17-13-22-23(3)14-17/h13-14,16,18H,4-12,15H2,1-3H3,(H,20,21). The molecule has 0 aliphatic carbocycles. The first-order valence-corrected chi connectivity index (χ1v) is 9.94. The quantitative estimate of drug-likeness (QED) is 0.489. The summed E-state index contributed by atoms with van der Waals surface area (Å²) in [5.41, 5.74) is 1.13. The first kappa shape index (κ1) is 19.2. The van der Waals surface area contributed by atoms with Crippen molar-refractivity contribution in [2.75, 3.05) is 52.9 Å². The molecule has 7 nitrogen and oxygen atoms in total. The molecule has 1 aromatic rings. The Morgan fingerprint density at radius 3 is 2.85 bits per heavy atom. The summed E-state index contributed by atoms with van der Waals surface area (Å²) in [5, 5.41) is 7.80. The van der Waals surface area contributed by atoms with Crippen LogP contribution in [0.4, 0.5) is 0 Å². The van der Waals surface area contributed by atoms with Gasteiger partial charge in [0, 0.05) is 38.9 Å². The Morgan fingerprint density at radius 1 is 1.35 bits per heavy atom. The Hall–Kier alpha value is -1.60. The number of hydrogen-bond acceptors (Lipinski definition) is 4. The predicted molar refractivity (Wildman–Crippen MR) is 104 cm³/mol. The van der Waals surface area contributed by atoms with Gasteiger partial charge >= 0.3 is 0 Å². The highest BCUT2D eigenvalue weighted by molar-refractivity contribution is 5.80. The lowest BCUT2D eigenvalue weighted by atomic mass is 9.99. The van der Waals surface area contributed by atoms with Crippen LogP contribution in [0.5, 0.6) is 0 Å². The van der Waals surface area contributed by atoms with E-state index in [1.54, 1.807) is 0 Å². The zero-order chi connectivity index (χ0) is 18.4. The highest BCUT2D eigenvalue weighted by Gasteiger charge is 2.25. The fraction of sp³-hybridized carbons (Fsp3) is 0.789. The van der Waals surface area contributed by atoms with Crippen molar-refractivity contribution in [1.29, 1.82) is 0 Å². The predicted octanol–water partition coefficient (Wildman–Crippen LogP) is 1.49. The maximum atomic E-state index is 5.93. The van der Waals surface area contributed by atoms with Crippen molar-refractivity contribution in [1.82, 2.24) is 24.9 Å². The lowest BCUT2D eigenvalue weighted by Crippen LogP contribution is -2.48. The number of guanidine groups is 1. The van der Waals surface area contributed by atoms with Crippen molar-refractivity contribution >= 4 is 5.96 Å². The molecule has 7 heteroatoms. The summed E-state index contributed by atoms with van der Waals surface area (Å²) in [4.78, 5) is 9.37. The van der Waals surface area contributed by atoms with Gasteiger partial charge in [0.05, 0.1) is 19.3 Å². The molecule has 3 heterocycles. The van der Waals surface area contributed by atoms with Crippen LogP contribution in [0, 0.1) is 5.92 Å². The molecule has 2 aliphatic rings. The summed E-state index contributed by atoms with van der Waals surface area (Å²) in [5.74, 6) is 1.88. The molecule has 3 rings (SSSR count). The minimum atomic E-state index is 0.0614. The van der Waals surface area contributed by atoms with Crippen molar-refractivity contribution in [2.24, 2.45) is 18.0 Å². The molecule has 0 spiro atoms. The van der Waals surface area contributed by atoms with E-state index in [1.807, 2.05) is 31.2 Å². The summed E-state index contributed by atoms with van der Waals surface area (Å²) in [7, 11) is 3.80. The third kappa shape index (κ3) is 5.20. The van der Waals surface area contributed by atoms with Crippen LogP contribution in [0.15, 0.2) is 17.4 Å². The molecule has 2 saturated heterocycles. The molecule has 26 heavy (non-hydrogen) atoms. The van der Waals surface area contributed by atoms with Gasteiger partial charge in [-0.25, -0.2) is 0 Å². The van der Waals surface area contributed by atoms with Crippen LogP contribution in [0.3, 0.4) is 0 Å². The van der Waals surface area contributed by atoms with Gasteiger partial charge < -0.3 is 19.9 Å². The van der Waals surface area contributed by atoms with Gasteiger partial charge in [0.15, 0.2) is 5.96 Å². The van der Waals surface area contributed by atoms with E-state index in [2.05, 4.69) is 32.1 Å². The van der Waals surface area contributed by atoms with Crippen LogP contribution < -0.4 is 5.32 Å². The van der Waals surface area contributed by atoms with Gasteiger partial charge in [0.25, 0.3) is 0 Å². The van der Waals surface area contributed by atoms with Crippen molar-refractivity contribution in [3.63, 3.8) is 0 Å². The van der Waals surface area contributed by atoms with Crippen LogP contribution >= 0.6 is 0 Å². The molecule has 146 valence electrons. The van der Waals surface area contributed by atoms with E-state index >= 15 is 0 Å². The Bertz CT molecular complexity index is 578. The summed E-state index contributed by atoms with van der Waals surface area (Å²) >= 11 is 0. The number of nitrogens with zero attached hydrogens (tertiary/aromatic N) is 5. The number of piperidine rings is 1. The van der Waals surface area contributed by atoms with Gasteiger partial charge in [0.2, 0.25) is 0 Å². The maximum Gasteiger partial charge on any atom is 0.193 e. The van der Waals surface area contributed by atoms with Gasteiger partial charge in [-0.2, -0.15) is 5.10 Å². The Kier molecular flexibility index (Phi) is 6.91. The first-order valence-electron chi connectivity index (χ1n) is 9.94. The number of aryl methyl sites for hydroxylation is 1. The second-order valence-electron chi connectivity index (χ2n) is 7.60. The van der Waals surface area contributed by atoms with Gasteiger partial charge in [0.1, 0.15) is 6.10 Å². The van der Waals surface area contributed by atoms with Crippen molar-refractivity contribution < 1.29 is 4.74 Å². The average molecular weight is 363 g/mol. The zero-order valence-electron chi connectivity index (χ0n) is 16.5. The first-order chi connectivity index (χ1) is 12.7. The number of nitrogens with one attached hydrogen (secondary N) is 1. The average Bonchev–Trinajstić information content (AvgIpc) is 3.10. The molecule has 2 aliphatic heterocycles. The molecule has 1 atom stereocenters. The van der Waals surface area contributed by atoms with E-state index in [4.69, 9.17) is 4.74 Å². The number of ether oxygens (including phenoxy) is 1. The summed E-state index contributed by atoms with van der Waals surface area (Å²) in [6, 6.07) is 0. The highest BCUT2D eigenvalue weighted by atomic mass is 16.5.